The molecule has 5 heteroatoms. The maximum absolute atomic E-state index is 12.0. The third-order valence-electron chi connectivity index (χ3n) is 4.58. The summed E-state index contributed by atoms with van der Waals surface area (Å²) >= 11 is 0. The number of likely N-dealkylation sites (tertiary alicyclic amines) is 1. The number of carbonyl (C=O) groups excluding carboxylic acids is 1. The normalized spacial score (nSPS) is 17.2. The lowest BCUT2D eigenvalue weighted by Crippen LogP contribution is -2.50. The molecule has 5 nitrogen and oxygen atoms in total. The highest BCUT2D eigenvalue weighted by atomic mass is 16.2. The minimum Gasteiger partial charge on any atom is -0.356 e. The van der Waals surface area contributed by atoms with Gasteiger partial charge in [-0.25, -0.2) is 0 Å². The van der Waals surface area contributed by atoms with Crippen LogP contribution in [0.15, 0.2) is 4.99 Å². The van der Waals surface area contributed by atoms with Gasteiger partial charge in [0.25, 0.3) is 0 Å². The number of amides is 1. The number of nitrogens with one attached hydrogen (secondary N) is 2. The minimum atomic E-state index is 0.0963. The Morgan fingerprint density at radius 3 is 2.27 bits per heavy atom. The number of aliphatic imine (C=N–C) groups is 1. The van der Waals surface area contributed by atoms with Crippen LogP contribution in [0.1, 0.15) is 53.4 Å². The number of hydrogen-bond donors (Lipinski definition) is 2. The van der Waals surface area contributed by atoms with Crippen molar-refractivity contribution in [2.45, 2.75) is 59.4 Å². The van der Waals surface area contributed by atoms with Crippen LogP contribution < -0.4 is 10.6 Å². The second kappa shape index (κ2) is 9.70. The Hall–Kier alpha value is -1.26. The van der Waals surface area contributed by atoms with Crippen molar-refractivity contribution in [1.82, 2.24) is 15.5 Å². The van der Waals surface area contributed by atoms with Gasteiger partial charge in [0.15, 0.2) is 5.96 Å². The SMILES string of the molecule is CCC(CC)CNC(=NC)NC1CCN(C(=O)C(C)C)CC1. The van der Waals surface area contributed by atoms with Crippen LogP contribution in [0.25, 0.3) is 0 Å². The van der Waals surface area contributed by atoms with Gasteiger partial charge in [0.1, 0.15) is 0 Å². The van der Waals surface area contributed by atoms with E-state index < -0.39 is 0 Å². The van der Waals surface area contributed by atoms with E-state index >= 15 is 0 Å². The van der Waals surface area contributed by atoms with Crippen LogP contribution in [0.5, 0.6) is 0 Å². The highest BCUT2D eigenvalue weighted by Gasteiger charge is 2.24. The van der Waals surface area contributed by atoms with Crippen molar-refractivity contribution >= 4 is 11.9 Å². The molecule has 0 spiro atoms. The van der Waals surface area contributed by atoms with E-state index in [1.807, 2.05) is 25.8 Å². The van der Waals surface area contributed by atoms with Gasteiger partial charge in [0.05, 0.1) is 0 Å². The van der Waals surface area contributed by atoms with E-state index in [1.165, 1.54) is 12.8 Å². The maximum Gasteiger partial charge on any atom is 0.225 e. The first-order valence-corrected chi connectivity index (χ1v) is 8.77. The molecule has 2 N–H and O–H groups in total. The molecule has 0 aromatic heterocycles. The fraction of sp³-hybridized carbons (Fsp3) is 0.882. The number of nitrogens with zero attached hydrogens (tertiary/aromatic N) is 2. The van der Waals surface area contributed by atoms with E-state index in [4.69, 9.17) is 0 Å². The van der Waals surface area contributed by atoms with Gasteiger partial charge >= 0.3 is 0 Å². The average molecular weight is 310 g/mol. The van der Waals surface area contributed by atoms with E-state index in [1.54, 1.807) is 0 Å². The molecule has 1 aliphatic heterocycles. The lowest BCUT2D eigenvalue weighted by molar-refractivity contribution is -0.135. The van der Waals surface area contributed by atoms with Crippen molar-refractivity contribution in [3.63, 3.8) is 0 Å². The van der Waals surface area contributed by atoms with Crippen LogP contribution in [0, 0.1) is 11.8 Å². The summed E-state index contributed by atoms with van der Waals surface area (Å²) in [6.45, 7) is 11.1. The Morgan fingerprint density at radius 2 is 1.82 bits per heavy atom. The third-order valence-corrected chi connectivity index (χ3v) is 4.58. The summed E-state index contributed by atoms with van der Waals surface area (Å²) in [4.78, 5) is 18.3. The molecule has 1 aliphatic rings. The van der Waals surface area contributed by atoms with E-state index in [-0.39, 0.29) is 11.8 Å². The zero-order valence-corrected chi connectivity index (χ0v) is 15.0. The molecular weight excluding hydrogens is 276 g/mol. The first-order valence-electron chi connectivity index (χ1n) is 8.77. The highest BCUT2D eigenvalue weighted by molar-refractivity contribution is 5.80. The van der Waals surface area contributed by atoms with Gasteiger partial charge in [0, 0.05) is 38.6 Å². The zero-order valence-electron chi connectivity index (χ0n) is 15.0. The van der Waals surface area contributed by atoms with Crippen LogP contribution in [0.3, 0.4) is 0 Å². The molecule has 0 aliphatic carbocycles. The fourth-order valence-corrected chi connectivity index (χ4v) is 2.82. The van der Waals surface area contributed by atoms with E-state index in [0.717, 1.165) is 38.4 Å². The molecule has 1 saturated heterocycles. The molecule has 1 fully saturated rings. The molecule has 0 radical (unpaired) electrons. The Kier molecular flexibility index (Phi) is 8.28. The van der Waals surface area contributed by atoms with Gasteiger partial charge in [-0.3, -0.25) is 9.79 Å². The number of piperidine rings is 1. The summed E-state index contributed by atoms with van der Waals surface area (Å²) in [5, 5.41) is 6.93. The maximum atomic E-state index is 12.0. The second-order valence-electron chi connectivity index (χ2n) is 6.53. The quantitative estimate of drug-likeness (QED) is 0.584. The standard InChI is InChI=1S/C17H34N4O/c1-6-14(7-2)12-19-17(18-5)20-15-8-10-21(11-9-15)16(22)13(3)4/h13-15H,6-12H2,1-5H3,(H2,18,19,20). The summed E-state index contributed by atoms with van der Waals surface area (Å²) in [5.74, 6) is 1.96. The lowest BCUT2D eigenvalue weighted by Gasteiger charge is -2.34. The molecule has 0 aromatic rings. The summed E-state index contributed by atoms with van der Waals surface area (Å²) in [5.41, 5.74) is 0. The Labute approximate surface area is 135 Å². The fourth-order valence-electron chi connectivity index (χ4n) is 2.82. The highest BCUT2D eigenvalue weighted by Crippen LogP contribution is 2.13. The predicted molar refractivity (Wildman–Crippen MR) is 93.0 cm³/mol. The van der Waals surface area contributed by atoms with E-state index in [2.05, 4.69) is 29.5 Å². The summed E-state index contributed by atoms with van der Waals surface area (Å²) < 4.78 is 0. The van der Waals surface area contributed by atoms with Crippen LogP contribution in [0.2, 0.25) is 0 Å². The van der Waals surface area contributed by atoms with Crippen molar-refractivity contribution in [2.75, 3.05) is 26.7 Å². The van der Waals surface area contributed by atoms with Crippen molar-refractivity contribution < 1.29 is 4.79 Å². The van der Waals surface area contributed by atoms with Gasteiger partial charge in [-0.1, -0.05) is 40.5 Å². The first-order chi connectivity index (χ1) is 10.5. The topological polar surface area (TPSA) is 56.7 Å². The zero-order chi connectivity index (χ0) is 16.5. The van der Waals surface area contributed by atoms with Crippen LogP contribution in [0.4, 0.5) is 0 Å². The molecule has 1 amide bonds. The van der Waals surface area contributed by atoms with Crippen molar-refractivity contribution in [3.05, 3.63) is 0 Å². The molecule has 22 heavy (non-hydrogen) atoms. The van der Waals surface area contributed by atoms with Crippen LogP contribution in [-0.4, -0.2) is 49.5 Å². The Balaban J connectivity index is 2.36. The van der Waals surface area contributed by atoms with Gasteiger partial charge < -0.3 is 15.5 Å². The average Bonchev–Trinajstić information content (AvgIpc) is 2.54. The third kappa shape index (κ3) is 5.85. The molecule has 1 rings (SSSR count). The first kappa shape index (κ1) is 18.8. The van der Waals surface area contributed by atoms with Crippen LogP contribution >= 0.6 is 0 Å². The molecule has 0 aromatic carbocycles. The predicted octanol–water partition coefficient (Wildman–Crippen LogP) is 2.23. The molecule has 128 valence electrons. The Bertz CT molecular complexity index is 356. The minimum absolute atomic E-state index is 0.0963. The van der Waals surface area contributed by atoms with Gasteiger partial charge in [-0.15, -0.1) is 0 Å². The molecule has 1 heterocycles. The lowest BCUT2D eigenvalue weighted by atomic mass is 10.0. The summed E-state index contributed by atoms with van der Waals surface area (Å²) in [6, 6.07) is 0.407. The largest absolute Gasteiger partial charge is 0.356 e. The van der Waals surface area contributed by atoms with Gasteiger partial charge in [0.2, 0.25) is 5.91 Å². The van der Waals surface area contributed by atoms with E-state index in [9.17, 15) is 4.79 Å². The summed E-state index contributed by atoms with van der Waals surface area (Å²) in [7, 11) is 1.82. The molecular formula is C17H34N4O. The second-order valence-corrected chi connectivity index (χ2v) is 6.53. The van der Waals surface area contributed by atoms with Crippen molar-refractivity contribution in [3.8, 4) is 0 Å². The number of hydrogen-bond acceptors (Lipinski definition) is 2. The molecule has 0 saturated carbocycles. The van der Waals surface area contributed by atoms with Crippen LogP contribution in [-0.2, 0) is 4.79 Å². The number of guanidine groups is 1. The smallest absolute Gasteiger partial charge is 0.225 e. The molecule has 0 atom stereocenters. The number of rotatable bonds is 6. The monoisotopic (exact) mass is 310 g/mol. The van der Waals surface area contributed by atoms with E-state index in [0.29, 0.717) is 12.0 Å². The van der Waals surface area contributed by atoms with Gasteiger partial charge in [-0.2, -0.15) is 0 Å². The van der Waals surface area contributed by atoms with Crippen molar-refractivity contribution in [2.24, 2.45) is 16.8 Å². The molecule has 0 bridgehead atoms. The Morgan fingerprint density at radius 1 is 1.23 bits per heavy atom. The molecule has 0 unspecified atom stereocenters. The number of carbonyl (C=O) groups is 1. The summed E-state index contributed by atoms with van der Waals surface area (Å²) in [6.07, 6.45) is 4.36. The van der Waals surface area contributed by atoms with Gasteiger partial charge in [-0.05, 0) is 18.8 Å². The van der Waals surface area contributed by atoms with Crippen molar-refractivity contribution in [1.29, 1.82) is 0 Å².